The highest BCUT2D eigenvalue weighted by atomic mass is 16.7. The van der Waals surface area contributed by atoms with Gasteiger partial charge in [0.1, 0.15) is 98.5 Å². The monoisotopic (exact) mass is 1060 g/mol. The quantitative estimate of drug-likeness (QED) is 0.0316. The second kappa shape index (κ2) is 26.9. The summed E-state index contributed by atoms with van der Waals surface area (Å²) in [6.45, 7) is 1.64. The van der Waals surface area contributed by atoms with Crippen LogP contribution in [0.1, 0.15) is 50.3 Å². The minimum absolute atomic E-state index is 0.104. The van der Waals surface area contributed by atoms with Gasteiger partial charge in [-0.05, 0) is 59.4 Å². The van der Waals surface area contributed by atoms with Crippen LogP contribution in [0.15, 0.2) is 84.9 Å². The molecule has 15 unspecified atom stereocenters. The molecule has 3 fully saturated rings. The molecular weight excluding hydrogens is 997 g/mol. The van der Waals surface area contributed by atoms with Crippen LogP contribution >= 0.6 is 0 Å². The number of aliphatic hydroxyl groups is 10. The summed E-state index contributed by atoms with van der Waals surface area (Å²) in [6.07, 6.45) is -23.2. The van der Waals surface area contributed by atoms with Crippen LogP contribution in [0.4, 0.5) is 0 Å². The number of hydrogen-bond donors (Lipinski definition) is 10. The zero-order valence-electron chi connectivity index (χ0n) is 41.0. The molecular formula is C51H64O24. The van der Waals surface area contributed by atoms with Crippen molar-refractivity contribution in [1.82, 2.24) is 0 Å². The Morgan fingerprint density at radius 1 is 0.600 bits per heavy atom. The van der Waals surface area contributed by atoms with E-state index in [0.717, 1.165) is 13.0 Å². The predicted molar refractivity (Wildman–Crippen MR) is 252 cm³/mol. The molecule has 3 saturated heterocycles. The second-order valence-electron chi connectivity index (χ2n) is 18.5. The van der Waals surface area contributed by atoms with Gasteiger partial charge in [0.15, 0.2) is 18.0 Å². The molecule has 0 radical (unpaired) electrons. The summed E-state index contributed by atoms with van der Waals surface area (Å²) in [7, 11) is 0. The van der Waals surface area contributed by atoms with Crippen molar-refractivity contribution in [1.29, 1.82) is 0 Å². The number of aliphatic hydroxyl groups excluding tert-OH is 10. The van der Waals surface area contributed by atoms with Gasteiger partial charge in [-0.25, -0.2) is 9.59 Å². The van der Waals surface area contributed by atoms with Gasteiger partial charge in [-0.2, -0.15) is 0 Å². The highest BCUT2D eigenvalue weighted by Gasteiger charge is 2.54. The standard InChI is InChI=1S/C51H64O24/c1-26(2)19-51(50(65)68-24-30-11-16-32(17-12-30)70-48-44(63)41(60)39(58)34(22-53)72-48,20-37(56)67-23-29-9-14-31(15-10-29)69-47-43(62)40(59)38(57)33(21-52)71-47)75-49-45(64)42(61)46(35(73-49)25-66-27(3)54)74-36(55)18-13-28-7-5-4-6-8-28/h4-18,26,33-35,38-49,52-53,57-64H,19-25H2,1-3H3/b18-13+/t33?,34?,35?,38?,39?,40?,41?,42?,43?,44?,45?,46?,47?,48?,49?,51-/m1/s1. The Bertz CT molecular complexity index is 2330. The number of carbonyl (C=O) groups excluding carboxylic acids is 4. The molecule has 0 spiro atoms. The van der Waals surface area contributed by atoms with Crippen molar-refractivity contribution < 1.29 is 118 Å². The van der Waals surface area contributed by atoms with Crippen LogP contribution < -0.4 is 9.47 Å². The highest BCUT2D eigenvalue weighted by Crippen LogP contribution is 2.36. The van der Waals surface area contributed by atoms with Crippen LogP contribution in [0, 0.1) is 5.92 Å². The van der Waals surface area contributed by atoms with Crippen molar-refractivity contribution in [3.05, 3.63) is 102 Å². The number of carbonyl (C=O) groups is 4. The molecule has 3 aliphatic rings. The zero-order valence-corrected chi connectivity index (χ0v) is 41.0. The Morgan fingerprint density at radius 2 is 1.09 bits per heavy atom. The summed E-state index contributed by atoms with van der Waals surface area (Å²) in [5.41, 5.74) is -0.980. The van der Waals surface area contributed by atoms with Crippen LogP contribution in [-0.4, -0.2) is 192 Å². The molecule has 412 valence electrons. The van der Waals surface area contributed by atoms with Gasteiger partial charge in [-0.15, -0.1) is 0 Å². The van der Waals surface area contributed by atoms with Gasteiger partial charge in [0, 0.05) is 13.0 Å². The SMILES string of the molecule is CC(=O)OCC1OC(O[C@@](CC(=O)OCc2ccc(OC3OC(CO)C(O)C(O)C3O)cc2)(CC(C)C)C(=O)OCc2ccc(OC3OC(CO)C(O)C(O)C3O)cc2)C(O)C(O)C1OC(=O)/C=C/c1ccccc1. The van der Waals surface area contributed by atoms with Crippen LogP contribution in [0.2, 0.25) is 0 Å². The Labute approximate surface area is 430 Å². The Kier molecular flexibility index (Phi) is 21.0. The van der Waals surface area contributed by atoms with Crippen LogP contribution in [0.5, 0.6) is 11.5 Å². The molecule has 6 rings (SSSR count). The maximum atomic E-state index is 14.6. The van der Waals surface area contributed by atoms with Gasteiger partial charge in [0.2, 0.25) is 12.6 Å². The highest BCUT2D eigenvalue weighted by molar-refractivity contribution is 5.87. The first-order valence-corrected chi connectivity index (χ1v) is 23.9. The molecule has 0 bridgehead atoms. The molecule has 10 N–H and O–H groups in total. The molecule has 3 aliphatic heterocycles. The van der Waals surface area contributed by atoms with Crippen molar-refractivity contribution in [2.45, 2.75) is 145 Å². The maximum absolute atomic E-state index is 14.6. The van der Waals surface area contributed by atoms with Gasteiger partial charge in [-0.1, -0.05) is 68.4 Å². The van der Waals surface area contributed by atoms with E-state index in [1.807, 2.05) is 0 Å². The Hall–Kier alpha value is -5.68. The molecule has 24 nitrogen and oxygen atoms in total. The molecule has 75 heavy (non-hydrogen) atoms. The molecule has 16 atom stereocenters. The van der Waals surface area contributed by atoms with E-state index < -0.39 is 160 Å². The summed E-state index contributed by atoms with van der Waals surface area (Å²) >= 11 is 0. The van der Waals surface area contributed by atoms with Crippen LogP contribution in [0.3, 0.4) is 0 Å². The lowest BCUT2D eigenvalue weighted by molar-refractivity contribution is -0.328. The largest absolute Gasteiger partial charge is 0.463 e. The lowest BCUT2D eigenvalue weighted by Gasteiger charge is -2.44. The van der Waals surface area contributed by atoms with E-state index in [1.54, 1.807) is 44.2 Å². The van der Waals surface area contributed by atoms with Crippen LogP contribution in [-0.2, 0) is 70.3 Å². The average Bonchev–Trinajstić information content (AvgIpc) is 3.39. The zero-order chi connectivity index (χ0) is 54.6. The van der Waals surface area contributed by atoms with Gasteiger partial charge in [0.05, 0.1) is 19.6 Å². The third kappa shape index (κ3) is 15.5. The summed E-state index contributed by atoms with van der Waals surface area (Å²) in [5, 5.41) is 104. The van der Waals surface area contributed by atoms with E-state index in [2.05, 4.69) is 0 Å². The summed E-state index contributed by atoms with van der Waals surface area (Å²) < 4.78 is 56.5. The smallest absolute Gasteiger partial charge is 0.339 e. The van der Waals surface area contributed by atoms with E-state index >= 15 is 0 Å². The van der Waals surface area contributed by atoms with E-state index in [9.17, 15) is 70.2 Å². The molecule has 3 aromatic rings. The van der Waals surface area contributed by atoms with E-state index in [4.69, 9.17) is 47.4 Å². The Morgan fingerprint density at radius 3 is 1.59 bits per heavy atom. The van der Waals surface area contributed by atoms with Crippen molar-refractivity contribution in [2.75, 3.05) is 19.8 Å². The first kappa shape index (κ1) is 58.6. The molecule has 24 heteroatoms. The molecule has 0 saturated carbocycles. The lowest BCUT2D eigenvalue weighted by atomic mass is 9.88. The minimum atomic E-state index is -2.36. The molecule has 3 heterocycles. The van der Waals surface area contributed by atoms with Gasteiger partial charge >= 0.3 is 23.9 Å². The average molecular weight is 1060 g/mol. The summed E-state index contributed by atoms with van der Waals surface area (Å²) in [5.74, 6) is -4.17. The van der Waals surface area contributed by atoms with Crippen molar-refractivity contribution >= 4 is 30.0 Å². The molecule has 3 aromatic carbocycles. The lowest BCUT2D eigenvalue weighted by Crippen LogP contribution is -2.63. The first-order chi connectivity index (χ1) is 35.7. The number of rotatable bonds is 22. The summed E-state index contributed by atoms with van der Waals surface area (Å²) in [6, 6.07) is 20.2. The second-order valence-corrected chi connectivity index (χ2v) is 18.5. The van der Waals surface area contributed by atoms with E-state index in [1.165, 1.54) is 54.6 Å². The fraction of sp³-hybridized carbons (Fsp3) is 0.529. The maximum Gasteiger partial charge on any atom is 0.339 e. The topological polar surface area (TPSA) is 363 Å². The van der Waals surface area contributed by atoms with Gasteiger partial charge in [-0.3, -0.25) is 9.59 Å². The third-order valence-corrected chi connectivity index (χ3v) is 12.3. The van der Waals surface area contributed by atoms with Gasteiger partial charge in [0.25, 0.3) is 0 Å². The first-order valence-electron chi connectivity index (χ1n) is 23.9. The number of esters is 4. The number of ether oxygens (including phenoxy) is 10. The fourth-order valence-electron chi connectivity index (χ4n) is 8.29. The minimum Gasteiger partial charge on any atom is -0.463 e. The Balaban J connectivity index is 1.21. The molecule has 0 amide bonds. The van der Waals surface area contributed by atoms with E-state index in [-0.39, 0.29) is 24.5 Å². The van der Waals surface area contributed by atoms with Crippen molar-refractivity contribution in [2.24, 2.45) is 5.92 Å². The van der Waals surface area contributed by atoms with Crippen molar-refractivity contribution in [3.8, 4) is 11.5 Å². The number of hydrogen-bond acceptors (Lipinski definition) is 24. The van der Waals surface area contributed by atoms with Crippen LogP contribution in [0.25, 0.3) is 6.08 Å². The van der Waals surface area contributed by atoms with Crippen molar-refractivity contribution in [3.63, 3.8) is 0 Å². The summed E-state index contributed by atoms with van der Waals surface area (Å²) in [4.78, 5) is 53.6. The normalized spacial score (nSPS) is 30.7. The molecule has 0 aliphatic carbocycles. The number of benzene rings is 3. The van der Waals surface area contributed by atoms with E-state index in [0.29, 0.717) is 16.7 Å². The van der Waals surface area contributed by atoms with Gasteiger partial charge < -0.3 is 98.4 Å². The third-order valence-electron chi connectivity index (χ3n) is 12.3. The molecule has 0 aromatic heterocycles. The fourth-order valence-corrected chi connectivity index (χ4v) is 8.29. The predicted octanol–water partition coefficient (Wildman–Crippen LogP) is -1.34.